The second kappa shape index (κ2) is 6.86. The number of piperidine rings is 1. The van der Waals surface area contributed by atoms with Gasteiger partial charge in [0.15, 0.2) is 0 Å². The van der Waals surface area contributed by atoms with Gasteiger partial charge in [0.05, 0.1) is 13.5 Å². The first-order valence-corrected chi connectivity index (χ1v) is 6.14. The maximum atomic E-state index is 11.2. The molecule has 94 valence electrons. The molecule has 1 N–H and O–H groups in total. The van der Waals surface area contributed by atoms with E-state index in [-0.39, 0.29) is 12.0 Å². The fourth-order valence-electron chi connectivity index (χ4n) is 2.09. The van der Waals surface area contributed by atoms with E-state index in [0.29, 0.717) is 12.5 Å². The zero-order chi connectivity index (χ0) is 12.0. The minimum atomic E-state index is -0.129. The standard InChI is InChI=1S/C12H24N2O2/c1-10(8-12(15)16-3)14(2)9-11-6-4-5-7-13-11/h10-11,13H,4-9H2,1-3H3. The Morgan fingerprint density at radius 2 is 2.31 bits per heavy atom. The average Bonchev–Trinajstić information content (AvgIpc) is 2.30. The molecule has 1 fully saturated rings. The minimum Gasteiger partial charge on any atom is -0.469 e. The highest BCUT2D eigenvalue weighted by atomic mass is 16.5. The van der Waals surface area contributed by atoms with Crippen LogP contribution in [-0.2, 0) is 9.53 Å². The summed E-state index contributed by atoms with van der Waals surface area (Å²) in [6, 6.07) is 0.829. The van der Waals surface area contributed by atoms with Crippen molar-refractivity contribution >= 4 is 5.97 Å². The van der Waals surface area contributed by atoms with E-state index in [1.807, 2.05) is 0 Å². The molecule has 4 heteroatoms. The van der Waals surface area contributed by atoms with E-state index in [4.69, 9.17) is 0 Å². The van der Waals surface area contributed by atoms with Gasteiger partial charge in [-0.05, 0) is 33.4 Å². The number of ether oxygens (including phenoxy) is 1. The second-order valence-electron chi connectivity index (χ2n) is 4.72. The van der Waals surface area contributed by atoms with Crippen molar-refractivity contribution in [2.75, 3.05) is 27.2 Å². The smallest absolute Gasteiger partial charge is 0.307 e. The number of carbonyl (C=O) groups is 1. The third-order valence-electron chi connectivity index (χ3n) is 3.36. The molecule has 0 radical (unpaired) electrons. The third-order valence-corrected chi connectivity index (χ3v) is 3.36. The fraction of sp³-hybridized carbons (Fsp3) is 0.917. The minimum absolute atomic E-state index is 0.129. The summed E-state index contributed by atoms with van der Waals surface area (Å²) in [4.78, 5) is 13.4. The van der Waals surface area contributed by atoms with E-state index >= 15 is 0 Å². The Morgan fingerprint density at radius 3 is 2.88 bits per heavy atom. The number of methoxy groups -OCH3 is 1. The molecule has 1 aliphatic rings. The molecule has 1 heterocycles. The predicted octanol–water partition coefficient (Wildman–Crippen LogP) is 1.01. The Balaban J connectivity index is 2.26. The van der Waals surface area contributed by atoms with E-state index in [1.54, 1.807) is 0 Å². The van der Waals surface area contributed by atoms with Crippen LogP contribution in [0.5, 0.6) is 0 Å². The molecule has 0 aromatic rings. The molecule has 2 unspecified atom stereocenters. The quantitative estimate of drug-likeness (QED) is 0.713. The van der Waals surface area contributed by atoms with Crippen LogP contribution in [-0.4, -0.2) is 50.2 Å². The summed E-state index contributed by atoms with van der Waals surface area (Å²) in [5.41, 5.74) is 0. The van der Waals surface area contributed by atoms with Crippen LogP contribution in [0.1, 0.15) is 32.6 Å². The van der Waals surface area contributed by atoms with E-state index in [0.717, 1.165) is 13.1 Å². The molecular formula is C12H24N2O2. The number of rotatable bonds is 5. The molecule has 0 saturated carbocycles. The molecule has 4 nitrogen and oxygen atoms in total. The maximum absolute atomic E-state index is 11.2. The van der Waals surface area contributed by atoms with Gasteiger partial charge in [-0.3, -0.25) is 4.79 Å². The summed E-state index contributed by atoms with van der Waals surface area (Å²) in [6.07, 6.45) is 4.32. The Labute approximate surface area is 98.3 Å². The van der Waals surface area contributed by atoms with Gasteiger partial charge in [-0.1, -0.05) is 6.42 Å². The monoisotopic (exact) mass is 228 g/mol. The van der Waals surface area contributed by atoms with Crippen LogP contribution >= 0.6 is 0 Å². The number of carbonyl (C=O) groups excluding carboxylic acids is 1. The number of likely N-dealkylation sites (N-methyl/N-ethyl adjacent to an activating group) is 1. The summed E-state index contributed by atoms with van der Waals surface area (Å²) in [7, 11) is 3.52. The van der Waals surface area contributed by atoms with Gasteiger partial charge in [0, 0.05) is 18.6 Å². The van der Waals surface area contributed by atoms with Gasteiger partial charge >= 0.3 is 5.97 Å². The molecule has 1 saturated heterocycles. The second-order valence-corrected chi connectivity index (χ2v) is 4.72. The molecule has 1 rings (SSSR count). The largest absolute Gasteiger partial charge is 0.469 e. The zero-order valence-electron chi connectivity index (χ0n) is 10.7. The molecule has 0 aliphatic carbocycles. The zero-order valence-corrected chi connectivity index (χ0v) is 10.7. The van der Waals surface area contributed by atoms with Gasteiger partial charge in [-0.2, -0.15) is 0 Å². The van der Waals surface area contributed by atoms with Crippen molar-refractivity contribution in [1.82, 2.24) is 10.2 Å². The molecule has 0 aromatic carbocycles. The number of hydrogen-bond donors (Lipinski definition) is 1. The third kappa shape index (κ3) is 4.49. The van der Waals surface area contributed by atoms with Crippen LogP contribution < -0.4 is 5.32 Å². The van der Waals surface area contributed by atoms with Crippen molar-refractivity contribution in [3.63, 3.8) is 0 Å². The summed E-state index contributed by atoms with van der Waals surface area (Å²) in [5, 5.41) is 3.51. The Kier molecular flexibility index (Phi) is 5.77. The van der Waals surface area contributed by atoms with E-state index in [2.05, 4.69) is 28.9 Å². The highest BCUT2D eigenvalue weighted by molar-refractivity contribution is 5.69. The van der Waals surface area contributed by atoms with Gasteiger partial charge in [0.1, 0.15) is 0 Å². The first kappa shape index (κ1) is 13.5. The first-order valence-electron chi connectivity index (χ1n) is 6.14. The summed E-state index contributed by atoms with van der Waals surface area (Å²) < 4.78 is 4.68. The first-order chi connectivity index (χ1) is 7.63. The van der Waals surface area contributed by atoms with Crippen LogP contribution in [0.15, 0.2) is 0 Å². The van der Waals surface area contributed by atoms with Gasteiger partial charge in [0.2, 0.25) is 0 Å². The molecule has 0 bridgehead atoms. The highest BCUT2D eigenvalue weighted by Gasteiger charge is 2.19. The van der Waals surface area contributed by atoms with Crippen molar-refractivity contribution in [2.45, 2.75) is 44.7 Å². The Bertz CT molecular complexity index is 215. The molecular weight excluding hydrogens is 204 g/mol. The van der Waals surface area contributed by atoms with Crippen molar-refractivity contribution < 1.29 is 9.53 Å². The van der Waals surface area contributed by atoms with Crippen molar-refractivity contribution in [2.24, 2.45) is 0 Å². The fourth-order valence-corrected chi connectivity index (χ4v) is 2.09. The summed E-state index contributed by atoms with van der Waals surface area (Å²) >= 11 is 0. The van der Waals surface area contributed by atoms with E-state index < -0.39 is 0 Å². The van der Waals surface area contributed by atoms with Crippen LogP contribution in [0.2, 0.25) is 0 Å². The highest BCUT2D eigenvalue weighted by Crippen LogP contribution is 2.10. The Morgan fingerprint density at radius 1 is 1.56 bits per heavy atom. The van der Waals surface area contributed by atoms with Crippen LogP contribution in [0.25, 0.3) is 0 Å². The van der Waals surface area contributed by atoms with Crippen molar-refractivity contribution in [1.29, 1.82) is 0 Å². The Hall–Kier alpha value is -0.610. The lowest BCUT2D eigenvalue weighted by Gasteiger charge is -2.31. The average molecular weight is 228 g/mol. The maximum Gasteiger partial charge on any atom is 0.307 e. The topological polar surface area (TPSA) is 41.6 Å². The number of esters is 1. The van der Waals surface area contributed by atoms with Gasteiger partial charge in [-0.15, -0.1) is 0 Å². The molecule has 16 heavy (non-hydrogen) atoms. The summed E-state index contributed by atoms with van der Waals surface area (Å²) in [6.45, 7) is 4.21. The van der Waals surface area contributed by atoms with Gasteiger partial charge in [-0.25, -0.2) is 0 Å². The lowest BCUT2D eigenvalue weighted by molar-refractivity contribution is -0.141. The lowest BCUT2D eigenvalue weighted by Crippen LogP contribution is -2.45. The van der Waals surface area contributed by atoms with Crippen LogP contribution in [0.4, 0.5) is 0 Å². The van der Waals surface area contributed by atoms with Gasteiger partial charge < -0.3 is 15.0 Å². The van der Waals surface area contributed by atoms with Crippen LogP contribution in [0.3, 0.4) is 0 Å². The van der Waals surface area contributed by atoms with Crippen molar-refractivity contribution in [3.05, 3.63) is 0 Å². The van der Waals surface area contributed by atoms with Gasteiger partial charge in [0.25, 0.3) is 0 Å². The molecule has 1 aliphatic heterocycles. The number of nitrogens with zero attached hydrogens (tertiary/aromatic N) is 1. The molecule has 2 atom stereocenters. The SMILES string of the molecule is COC(=O)CC(C)N(C)CC1CCCCN1. The predicted molar refractivity (Wildman–Crippen MR) is 64.4 cm³/mol. The normalized spacial score (nSPS) is 23.1. The van der Waals surface area contributed by atoms with E-state index in [9.17, 15) is 4.79 Å². The lowest BCUT2D eigenvalue weighted by atomic mass is 10.0. The molecule has 0 amide bonds. The van der Waals surface area contributed by atoms with Crippen molar-refractivity contribution in [3.8, 4) is 0 Å². The molecule has 0 spiro atoms. The van der Waals surface area contributed by atoms with Crippen LogP contribution in [0, 0.1) is 0 Å². The molecule has 0 aromatic heterocycles. The van der Waals surface area contributed by atoms with E-state index in [1.165, 1.54) is 26.4 Å². The number of hydrogen-bond acceptors (Lipinski definition) is 4. The number of nitrogens with one attached hydrogen (secondary N) is 1. The summed E-state index contributed by atoms with van der Waals surface area (Å²) in [5.74, 6) is -0.129.